The summed E-state index contributed by atoms with van der Waals surface area (Å²) in [4.78, 5) is 12.5. The molecule has 2 aromatic carbocycles. The van der Waals surface area contributed by atoms with Crippen molar-refractivity contribution < 1.29 is 35.5 Å². The molecule has 0 unspecified atom stereocenters. The molecular formula is C25H22Cl2F7NOS. The van der Waals surface area contributed by atoms with Crippen LogP contribution in [-0.2, 0) is 6.18 Å². The van der Waals surface area contributed by atoms with E-state index in [0.29, 0.717) is 11.8 Å². The standard InChI is InChI=1S/C25H22Cl2F7NOS/c1-4-16-20(26)9-15(10-21(16)27)18(24(29,30)31)11-22(28)14-6-7-17(19(8-14)25(32,33)34)23(36)35-13(3)12-37-5-2/h4,6-11,13,18H,1,5,12H2,2-3H3,(H,35,36)/b22-11-/t13-,18-/m1/s1. The van der Waals surface area contributed by atoms with Gasteiger partial charge in [0.05, 0.1) is 11.1 Å². The summed E-state index contributed by atoms with van der Waals surface area (Å²) >= 11 is 13.4. The highest BCUT2D eigenvalue weighted by Gasteiger charge is 2.41. The van der Waals surface area contributed by atoms with Crippen LogP contribution < -0.4 is 5.32 Å². The van der Waals surface area contributed by atoms with Gasteiger partial charge in [-0.1, -0.05) is 48.8 Å². The summed E-state index contributed by atoms with van der Waals surface area (Å²) in [5, 5.41) is 2.11. The number of benzene rings is 2. The van der Waals surface area contributed by atoms with Crippen molar-refractivity contribution in [2.24, 2.45) is 0 Å². The van der Waals surface area contributed by atoms with Crippen LogP contribution in [0.15, 0.2) is 43.0 Å². The second-order valence-electron chi connectivity index (χ2n) is 7.93. The zero-order valence-corrected chi connectivity index (χ0v) is 21.9. The Kier molecular flexibility index (Phi) is 10.6. The lowest BCUT2D eigenvalue weighted by Gasteiger charge is -2.20. The number of carbonyl (C=O) groups excluding carboxylic acids is 1. The lowest BCUT2D eigenvalue weighted by Crippen LogP contribution is -2.35. The van der Waals surface area contributed by atoms with Gasteiger partial charge in [-0.2, -0.15) is 38.1 Å². The van der Waals surface area contributed by atoms with Crippen LogP contribution in [0, 0.1) is 0 Å². The first-order chi connectivity index (χ1) is 17.1. The molecule has 0 aliphatic rings. The van der Waals surface area contributed by atoms with E-state index >= 15 is 4.39 Å². The molecule has 2 nitrogen and oxygen atoms in total. The van der Waals surface area contributed by atoms with E-state index in [1.807, 2.05) is 6.92 Å². The average molecular weight is 588 g/mol. The zero-order valence-electron chi connectivity index (χ0n) is 19.5. The molecule has 2 atom stereocenters. The van der Waals surface area contributed by atoms with Gasteiger partial charge in [-0.3, -0.25) is 4.79 Å². The lowest BCUT2D eigenvalue weighted by atomic mass is 9.94. The number of halogens is 9. The van der Waals surface area contributed by atoms with E-state index in [1.165, 1.54) is 17.8 Å². The molecule has 0 radical (unpaired) electrons. The second kappa shape index (κ2) is 12.6. The summed E-state index contributed by atoms with van der Waals surface area (Å²) in [6.07, 6.45) is -8.74. The Morgan fingerprint density at radius 3 is 2.19 bits per heavy atom. The Bertz CT molecular complexity index is 1160. The third kappa shape index (κ3) is 8.15. The minimum absolute atomic E-state index is 0.134. The van der Waals surface area contributed by atoms with Crippen LogP contribution in [0.4, 0.5) is 30.7 Å². The van der Waals surface area contributed by atoms with Crippen molar-refractivity contribution in [1.29, 1.82) is 0 Å². The average Bonchev–Trinajstić information content (AvgIpc) is 2.79. The summed E-state index contributed by atoms with van der Waals surface area (Å²) in [5.74, 6) is -3.99. The van der Waals surface area contributed by atoms with E-state index in [4.69, 9.17) is 23.2 Å². The summed E-state index contributed by atoms with van der Waals surface area (Å²) in [6.45, 7) is 6.95. The molecule has 0 aliphatic carbocycles. The number of amides is 1. The number of alkyl halides is 6. The number of allylic oxidation sites excluding steroid dienone is 1. The summed E-state index contributed by atoms with van der Waals surface area (Å²) in [7, 11) is 0. The van der Waals surface area contributed by atoms with Crippen molar-refractivity contribution in [1.82, 2.24) is 5.32 Å². The van der Waals surface area contributed by atoms with Crippen LogP contribution in [0.25, 0.3) is 11.9 Å². The van der Waals surface area contributed by atoms with Crippen molar-refractivity contribution in [3.05, 3.63) is 80.8 Å². The molecule has 0 saturated carbocycles. The van der Waals surface area contributed by atoms with Gasteiger partial charge in [0.25, 0.3) is 5.91 Å². The molecule has 2 rings (SSSR count). The van der Waals surface area contributed by atoms with Gasteiger partial charge < -0.3 is 5.32 Å². The van der Waals surface area contributed by atoms with Crippen molar-refractivity contribution in [2.45, 2.75) is 38.2 Å². The molecule has 37 heavy (non-hydrogen) atoms. The molecule has 1 N–H and O–H groups in total. The number of thioether (sulfide) groups is 1. The van der Waals surface area contributed by atoms with Crippen molar-refractivity contribution in [3.63, 3.8) is 0 Å². The maximum Gasteiger partial charge on any atom is 0.417 e. The predicted molar refractivity (Wildman–Crippen MR) is 136 cm³/mol. The monoisotopic (exact) mass is 587 g/mol. The topological polar surface area (TPSA) is 29.1 Å². The molecule has 0 bridgehead atoms. The number of hydrogen-bond acceptors (Lipinski definition) is 2. The highest BCUT2D eigenvalue weighted by atomic mass is 35.5. The molecule has 2 aromatic rings. The fourth-order valence-electron chi connectivity index (χ4n) is 3.36. The van der Waals surface area contributed by atoms with E-state index in [2.05, 4.69) is 11.9 Å². The van der Waals surface area contributed by atoms with Gasteiger partial charge in [0.2, 0.25) is 0 Å². The summed E-state index contributed by atoms with van der Waals surface area (Å²) in [6, 6.07) is 3.26. The summed E-state index contributed by atoms with van der Waals surface area (Å²) < 4.78 is 97.7. The van der Waals surface area contributed by atoms with Crippen LogP contribution in [0.5, 0.6) is 0 Å². The van der Waals surface area contributed by atoms with Crippen LogP contribution in [0.3, 0.4) is 0 Å². The highest BCUT2D eigenvalue weighted by Crippen LogP contribution is 2.42. The molecular weight excluding hydrogens is 566 g/mol. The first-order valence-corrected chi connectivity index (χ1v) is 12.7. The maximum absolute atomic E-state index is 15.0. The van der Waals surface area contributed by atoms with Gasteiger partial charge >= 0.3 is 12.4 Å². The van der Waals surface area contributed by atoms with Gasteiger partial charge in [-0.15, -0.1) is 0 Å². The quantitative estimate of drug-likeness (QED) is 0.296. The number of nitrogens with one attached hydrogen (secondary N) is 1. The van der Waals surface area contributed by atoms with Crippen molar-refractivity contribution in [2.75, 3.05) is 11.5 Å². The molecule has 0 spiro atoms. The number of carbonyl (C=O) groups is 1. The predicted octanol–water partition coefficient (Wildman–Crippen LogP) is 9.18. The SMILES string of the molecule is C=Cc1c(Cl)cc([C@@H](/C=C(\F)c2ccc(C(=O)N[C@H](C)CSCC)c(C(F)(F)F)c2)C(F)(F)F)cc1Cl. The molecule has 0 fully saturated rings. The lowest BCUT2D eigenvalue weighted by molar-refractivity contribution is -0.140. The smallest absolute Gasteiger partial charge is 0.349 e. The van der Waals surface area contributed by atoms with Crippen LogP contribution in [-0.4, -0.2) is 29.6 Å². The minimum atomic E-state index is -5.07. The van der Waals surface area contributed by atoms with Gasteiger partial charge in [0.15, 0.2) is 0 Å². The summed E-state index contributed by atoms with van der Waals surface area (Å²) in [5.41, 5.74) is -3.39. The Morgan fingerprint density at radius 1 is 1.11 bits per heavy atom. The van der Waals surface area contributed by atoms with E-state index in [1.54, 1.807) is 6.92 Å². The van der Waals surface area contributed by atoms with Gasteiger partial charge in [0, 0.05) is 33.0 Å². The normalized spacial score (nSPS) is 14.3. The fourth-order valence-corrected chi connectivity index (χ4v) is 4.69. The van der Waals surface area contributed by atoms with Crippen LogP contribution >= 0.6 is 35.0 Å². The highest BCUT2D eigenvalue weighted by molar-refractivity contribution is 7.99. The third-order valence-corrected chi connectivity index (χ3v) is 6.89. The third-order valence-electron chi connectivity index (χ3n) is 5.13. The number of rotatable bonds is 9. The molecule has 0 aliphatic heterocycles. The minimum Gasteiger partial charge on any atom is -0.349 e. The Labute approximate surface area is 223 Å². The first kappa shape index (κ1) is 31.1. The molecule has 202 valence electrons. The Balaban J connectivity index is 2.53. The fraction of sp³-hybridized carbons (Fsp3) is 0.320. The van der Waals surface area contributed by atoms with E-state index in [9.17, 15) is 31.1 Å². The number of hydrogen-bond donors (Lipinski definition) is 1. The first-order valence-electron chi connectivity index (χ1n) is 10.8. The Morgan fingerprint density at radius 2 is 1.70 bits per heavy atom. The molecule has 12 heteroatoms. The van der Waals surface area contributed by atoms with Crippen molar-refractivity contribution >= 4 is 52.8 Å². The van der Waals surface area contributed by atoms with Gasteiger partial charge in [-0.25, -0.2) is 4.39 Å². The van der Waals surface area contributed by atoms with Crippen LogP contribution in [0.1, 0.15) is 52.4 Å². The molecule has 1 amide bonds. The van der Waals surface area contributed by atoms with Crippen LogP contribution in [0.2, 0.25) is 10.0 Å². The zero-order chi connectivity index (χ0) is 28.1. The second-order valence-corrected chi connectivity index (χ2v) is 10.1. The van der Waals surface area contributed by atoms with Gasteiger partial charge in [0.1, 0.15) is 11.7 Å². The van der Waals surface area contributed by atoms with E-state index in [0.717, 1.165) is 30.0 Å². The molecule has 0 heterocycles. The maximum atomic E-state index is 15.0. The van der Waals surface area contributed by atoms with Gasteiger partial charge in [-0.05, 0) is 48.6 Å². The van der Waals surface area contributed by atoms with E-state index < -0.39 is 58.3 Å². The van der Waals surface area contributed by atoms with E-state index in [-0.39, 0.29) is 21.7 Å². The molecule has 0 saturated heterocycles. The molecule has 0 aromatic heterocycles. The largest absolute Gasteiger partial charge is 0.417 e. The Hall–Kier alpha value is -2.17. The van der Waals surface area contributed by atoms with Crippen molar-refractivity contribution in [3.8, 4) is 0 Å².